The first-order valence-electron chi connectivity index (χ1n) is 6.83. The van der Waals surface area contributed by atoms with Crippen LogP contribution < -0.4 is 5.32 Å². The Bertz CT molecular complexity index is 353. The predicted molar refractivity (Wildman–Crippen MR) is 71.1 cm³/mol. The van der Waals surface area contributed by atoms with Crippen LogP contribution in [0.4, 0.5) is 0 Å². The van der Waals surface area contributed by atoms with Gasteiger partial charge in [0.2, 0.25) is 11.8 Å². The smallest absolute Gasteiger partial charge is 0.303 e. The van der Waals surface area contributed by atoms with Crippen LogP contribution in [0.3, 0.4) is 0 Å². The Balaban J connectivity index is 2.14. The highest BCUT2D eigenvalue weighted by molar-refractivity contribution is 5.79. The Morgan fingerprint density at radius 3 is 2.50 bits per heavy atom. The van der Waals surface area contributed by atoms with Crippen molar-refractivity contribution in [1.82, 2.24) is 10.2 Å². The van der Waals surface area contributed by atoms with Gasteiger partial charge in [-0.2, -0.15) is 0 Å². The minimum absolute atomic E-state index is 0.00665. The molecular weight excluding hydrogens is 264 g/mol. The Morgan fingerprint density at radius 2 is 1.90 bits per heavy atom. The number of carbonyl (C=O) groups excluding carboxylic acids is 2. The van der Waals surface area contributed by atoms with Crippen molar-refractivity contribution in [3.8, 4) is 0 Å². The van der Waals surface area contributed by atoms with E-state index in [1.165, 1.54) is 0 Å². The third kappa shape index (κ3) is 6.51. The molecule has 1 heterocycles. The summed E-state index contributed by atoms with van der Waals surface area (Å²) in [6.07, 6.45) is 0.400. The van der Waals surface area contributed by atoms with E-state index >= 15 is 0 Å². The molecule has 1 unspecified atom stereocenters. The minimum atomic E-state index is -0.909. The van der Waals surface area contributed by atoms with E-state index in [1.54, 1.807) is 11.8 Å². The summed E-state index contributed by atoms with van der Waals surface area (Å²) < 4.78 is 5.16. The van der Waals surface area contributed by atoms with Gasteiger partial charge in [0.1, 0.15) is 0 Å². The molecule has 7 heteroatoms. The zero-order valence-electron chi connectivity index (χ0n) is 11.8. The number of ether oxygens (including phenoxy) is 1. The highest BCUT2D eigenvalue weighted by Crippen LogP contribution is 2.07. The molecule has 2 amide bonds. The molecule has 1 saturated heterocycles. The molecular formula is C13H22N2O5. The first kappa shape index (κ1) is 16.4. The topological polar surface area (TPSA) is 95.9 Å². The van der Waals surface area contributed by atoms with Crippen molar-refractivity contribution in [3.63, 3.8) is 0 Å². The molecule has 1 aliphatic heterocycles. The second-order valence-corrected chi connectivity index (χ2v) is 5.00. The molecule has 2 N–H and O–H groups in total. The van der Waals surface area contributed by atoms with Crippen molar-refractivity contribution in [2.45, 2.75) is 26.2 Å². The number of hydrogen-bond acceptors (Lipinski definition) is 4. The summed E-state index contributed by atoms with van der Waals surface area (Å²) in [5.41, 5.74) is 0. The fraction of sp³-hybridized carbons (Fsp3) is 0.769. The van der Waals surface area contributed by atoms with E-state index in [-0.39, 0.29) is 43.5 Å². The standard InChI is InChI=1S/C13H22N2O5/c1-10(9-13(18)19)8-11(16)14-3-2-12(17)15-4-6-20-7-5-15/h10H,2-9H2,1H3,(H,14,16)(H,18,19). The molecule has 0 spiro atoms. The van der Waals surface area contributed by atoms with Crippen molar-refractivity contribution >= 4 is 17.8 Å². The van der Waals surface area contributed by atoms with Crippen LogP contribution in [-0.4, -0.2) is 60.6 Å². The van der Waals surface area contributed by atoms with E-state index in [9.17, 15) is 14.4 Å². The van der Waals surface area contributed by atoms with Gasteiger partial charge < -0.3 is 20.1 Å². The summed E-state index contributed by atoms with van der Waals surface area (Å²) in [6, 6.07) is 0. The molecule has 1 rings (SSSR count). The van der Waals surface area contributed by atoms with Gasteiger partial charge in [-0.05, 0) is 5.92 Å². The van der Waals surface area contributed by atoms with Gasteiger partial charge in [0.25, 0.3) is 0 Å². The zero-order chi connectivity index (χ0) is 15.0. The maximum Gasteiger partial charge on any atom is 0.303 e. The van der Waals surface area contributed by atoms with E-state index in [0.717, 1.165) is 0 Å². The van der Waals surface area contributed by atoms with E-state index < -0.39 is 5.97 Å². The Labute approximate surface area is 118 Å². The van der Waals surface area contributed by atoms with Crippen molar-refractivity contribution < 1.29 is 24.2 Å². The molecule has 0 radical (unpaired) electrons. The number of morpholine rings is 1. The number of aliphatic carboxylic acids is 1. The molecule has 7 nitrogen and oxygen atoms in total. The molecule has 1 fully saturated rings. The van der Waals surface area contributed by atoms with Gasteiger partial charge in [-0.3, -0.25) is 14.4 Å². The lowest BCUT2D eigenvalue weighted by Gasteiger charge is -2.26. The molecule has 1 atom stereocenters. The van der Waals surface area contributed by atoms with Crippen LogP contribution >= 0.6 is 0 Å². The van der Waals surface area contributed by atoms with E-state index in [0.29, 0.717) is 26.3 Å². The Morgan fingerprint density at radius 1 is 1.25 bits per heavy atom. The number of rotatable bonds is 7. The number of carbonyl (C=O) groups is 3. The fourth-order valence-electron chi connectivity index (χ4n) is 2.04. The van der Waals surface area contributed by atoms with Gasteiger partial charge >= 0.3 is 5.97 Å². The number of carboxylic acids is 1. The summed E-state index contributed by atoms with van der Waals surface area (Å²) in [4.78, 5) is 35.5. The van der Waals surface area contributed by atoms with Crippen LogP contribution in [0.15, 0.2) is 0 Å². The SMILES string of the molecule is CC(CC(=O)O)CC(=O)NCCC(=O)N1CCOCC1. The molecule has 0 aromatic rings. The maximum atomic E-state index is 11.8. The summed E-state index contributed by atoms with van der Waals surface area (Å²) in [5, 5.41) is 11.2. The largest absolute Gasteiger partial charge is 0.481 e. The van der Waals surface area contributed by atoms with Crippen LogP contribution in [0.1, 0.15) is 26.2 Å². The van der Waals surface area contributed by atoms with Crippen LogP contribution in [-0.2, 0) is 19.1 Å². The number of amides is 2. The summed E-state index contributed by atoms with van der Waals surface area (Å²) in [7, 11) is 0. The predicted octanol–water partition coefficient (Wildman–Crippen LogP) is -0.148. The molecule has 1 aliphatic rings. The molecule has 114 valence electrons. The van der Waals surface area contributed by atoms with Crippen molar-refractivity contribution in [3.05, 3.63) is 0 Å². The highest BCUT2D eigenvalue weighted by Gasteiger charge is 2.17. The summed E-state index contributed by atoms with van der Waals surface area (Å²) in [6.45, 7) is 4.32. The normalized spacial score (nSPS) is 16.6. The molecule has 0 saturated carbocycles. The summed E-state index contributed by atoms with van der Waals surface area (Å²) in [5.74, 6) is -1.32. The fourth-order valence-corrected chi connectivity index (χ4v) is 2.04. The lowest BCUT2D eigenvalue weighted by Crippen LogP contribution is -2.42. The molecule has 0 bridgehead atoms. The van der Waals surface area contributed by atoms with Crippen LogP contribution in [0.2, 0.25) is 0 Å². The average Bonchev–Trinajstić information content (AvgIpc) is 2.38. The third-order valence-corrected chi connectivity index (χ3v) is 3.08. The molecule has 20 heavy (non-hydrogen) atoms. The molecule has 0 aliphatic carbocycles. The highest BCUT2D eigenvalue weighted by atomic mass is 16.5. The first-order chi connectivity index (χ1) is 9.49. The first-order valence-corrected chi connectivity index (χ1v) is 6.83. The lowest BCUT2D eigenvalue weighted by atomic mass is 10.0. The van der Waals surface area contributed by atoms with Crippen molar-refractivity contribution in [2.75, 3.05) is 32.8 Å². The van der Waals surface area contributed by atoms with Gasteiger partial charge in [0.15, 0.2) is 0 Å². The maximum absolute atomic E-state index is 11.8. The van der Waals surface area contributed by atoms with E-state index in [1.807, 2.05) is 0 Å². The minimum Gasteiger partial charge on any atom is -0.481 e. The van der Waals surface area contributed by atoms with Gasteiger partial charge in [0.05, 0.1) is 13.2 Å². The second kappa shape index (κ2) is 8.52. The van der Waals surface area contributed by atoms with Gasteiger partial charge in [-0.15, -0.1) is 0 Å². The second-order valence-electron chi connectivity index (χ2n) is 5.00. The number of hydrogen-bond donors (Lipinski definition) is 2. The summed E-state index contributed by atoms with van der Waals surface area (Å²) >= 11 is 0. The van der Waals surface area contributed by atoms with E-state index in [4.69, 9.17) is 9.84 Å². The van der Waals surface area contributed by atoms with Crippen LogP contribution in [0.25, 0.3) is 0 Å². The quantitative estimate of drug-likeness (QED) is 0.678. The lowest BCUT2D eigenvalue weighted by molar-refractivity contribution is -0.138. The van der Waals surface area contributed by atoms with Crippen molar-refractivity contribution in [2.24, 2.45) is 5.92 Å². The third-order valence-electron chi connectivity index (χ3n) is 3.08. The molecule has 0 aromatic heterocycles. The number of nitrogens with one attached hydrogen (secondary N) is 1. The Kier molecular flexibility index (Phi) is 7.00. The van der Waals surface area contributed by atoms with Crippen LogP contribution in [0.5, 0.6) is 0 Å². The van der Waals surface area contributed by atoms with Gasteiger partial charge in [-0.25, -0.2) is 0 Å². The van der Waals surface area contributed by atoms with Crippen molar-refractivity contribution in [1.29, 1.82) is 0 Å². The zero-order valence-corrected chi connectivity index (χ0v) is 11.8. The van der Waals surface area contributed by atoms with Gasteiger partial charge in [0, 0.05) is 38.9 Å². The number of nitrogens with zero attached hydrogens (tertiary/aromatic N) is 1. The average molecular weight is 286 g/mol. The Hall–Kier alpha value is -1.63. The van der Waals surface area contributed by atoms with Crippen LogP contribution in [0, 0.1) is 5.92 Å². The molecule has 0 aromatic carbocycles. The monoisotopic (exact) mass is 286 g/mol. The number of carboxylic acid groups (broad SMARTS) is 1. The van der Waals surface area contributed by atoms with Gasteiger partial charge in [-0.1, -0.05) is 6.92 Å². The van der Waals surface area contributed by atoms with E-state index in [2.05, 4.69) is 5.32 Å².